The number of rotatable bonds is 6. The molecule has 1 aliphatic heterocycles. The number of nitrogens with one attached hydrogen (secondary N) is 2. The van der Waals surface area contributed by atoms with Gasteiger partial charge < -0.3 is 29.4 Å². The number of piperazine rings is 1. The molecule has 0 spiro atoms. The molecule has 0 atom stereocenters. The van der Waals surface area contributed by atoms with Crippen molar-refractivity contribution in [2.75, 3.05) is 43.4 Å². The van der Waals surface area contributed by atoms with E-state index in [1.165, 1.54) is 6.07 Å². The summed E-state index contributed by atoms with van der Waals surface area (Å²) in [6, 6.07) is 5.96. The summed E-state index contributed by atoms with van der Waals surface area (Å²) in [6.07, 6.45) is 0.724. The molecule has 0 saturated carbocycles. The monoisotopic (exact) mass is 469 g/mol. The van der Waals surface area contributed by atoms with E-state index in [4.69, 9.17) is 9.26 Å². The minimum absolute atomic E-state index is 0.0915. The van der Waals surface area contributed by atoms with Gasteiger partial charge in [-0.2, -0.15) is 9.97 Å². The summed E-state index contributed by atoms with van der Waals surface area (Å²) in [5.74, 6) is -0.202. The molecule has 1 fully saturated rings. The third-order valence-corrected chi connectivity index (χ3v) is 5.79. The summed E-state index contributed by atoms with van der Waals surface area (Å²) in [6.45, 7) is 6.95. The molecule has 11 heteroatoms. The van der Waals surface area contributed by atoms with Crippen LogP contribution in [0.15, 0.2) is 28.8 Å². The van der Waals surface area contributed by atoms with Crippen molar-refractivity contribution in [1.82, 2.24) is 25.0 Å². The summed E-state index contributed by atoms with van der Waals surface area (Å²) >= 11 is 0. The van der Waals surface area contributed by atoms with Crippen molar-refractivity contribution >= 4 is 28.4 Å². The summed E-state index contributed by atoms with van der Waals surface area (Å²) < 4.78 is 40.7. The fourth-order valence-corrected chi connectivity index (χ4v) is 3.89. The average Bonchev–Trinajstić information content (AvgIpc) is 3.44. The summed E-state index contributed by atoms with van der Waals surface area (Å²) in [7, 11) is 2.06. The second-order valence-electron chi connectivity index (χ2n) is 8.36. The van der Waals surface area contributed by atoms with E-state index >= 15 is 4.39 Å². The van der Waals surface area contributed by atoms with Gasteiger partial charge in [0.05, 0.1) is 11.2 Å². The van der Waals surface area contributed by atoms with Crippen LogP contribution in [0.4, 0.5) is 26.3 Å². The standard InChI is InChI=1S/C23H25F2N7O2/c1-4-14-10-20(34-30-14)27-18-12-19(32-7-5-31(3)6-8-32)29-23(28-18)33-17-11-16(24)22-15(21(17)25)9-13(2)26-22/h9-12,26H,4-8H2,1-3H3,(H,27,28,29). The van der Waals surface area contributed by atoms with E-state index < -0.39 is 11.6 Å². The Morgan fingerprint density at radius 3 is 2.65 bits per heavy atom. The molecule has 9 nitrogen and oxygen atoms in total. The van der Waals surface area contributed by atoms with E-state index in [9.17, 15) is 4.39 Å². The number of anilines is 3. The predicted molar refractivity (Wildman–Crippen MR) is 124 cm³/mol. The SMILES string of the molecule is CCc1cc(Nc2cc(N3CCN(C)CC3)nc(Oc3cc(F)c4[nH]c(C)cc4c3F)n2)on1. The van der Waals surface area contributed by atoms with Crippen LogP contribution >= 0.6 is 0 Å². The molecule has 0 radical (unpaired) electrons. The number of hydrogen-bond acceptors (Lipinski definition) is 8. The molecular weight excluding hydrogens is 444 g/mol. The van der Waals surface area contributed by atoms with Crippen LogP contribution in [-0.2, 0) is 6.42 Å². The summed E-state index contributed by atoms with van der Waals surface area (Å²) in [4.78, 5) is 16.0. The Balaban J connectivity index is 1.51. The van der Waals surface area contributed by atoms with Gasteiger partial charge in [0, 0.05) is 55.5 Å². The molecule has 1 aliphatic rings. The minimum Gasteiger partial charge on any atom is -0.421 e. The normalized spacial score (nSPS) is 14.7. The second-order valence-corrected chi connectivity index (χ2v) is 8.36. The van der Waals surface area contributed by atoms with Crippen LogP contribution in [0.1, 0.15) is 18.3 Å². The van der Waals surface area contributed by atoms with Gasteiger partial charge in [-0.05, 0) is 26.5 Å². The van der Waals surface area contributed by atoms with Crippen molar-refractivity contribution in [2.45, 2.75) is 20.3 Å². The smallest absolute Gasteiger partial charge is 0.326 e. The van der Waals surface area contributed by atoms with E-state index in [1.807, 2.05) is 6.92 Å². The van der Waals surface area contributed by atoms with Crippen LogP contribution in [0.5, 0.6) is 11.8 Å². The van der Waals surface area contributed by atoms with Gasteiger partial charge in [0.1, 0.15) is 11.6 Å². The maximum Gasteiger partial charge on any atom is 0.326 e. The van der Waals surface area contributed by atoms with Crippen LogP contribution in [0.25, 0.3) is 10.9 Å². The van der Waals surface area contributed by atoms with Gasteiger partial charge in [-0.15, -0.1) is 0 Å². The molecule has 34 heavy (non-hydrogen) atoms. The van der Waals surface area contributed by atoms with Gasteiger partial charge in [0.2, 0.25) is 5.88 Å². The van der Waals surface area contributed by atoms with Crippen LogP contribution < -0.4 is 15.0 Å². The zero-order valence-electron chi connectivity index (χ0n) is 19.2. The number of hydrogen-bond donors (Lipinski definition) is 2. The third kappa shape index (κ3) is 4.38. The Morgan fingerprint density at radius 2 is 1.91 bits per heavy atom. The van der Waals surface area contributed by atoms with Gasteiger partial charge in [-0.1, -0.05) is 12.1 Å². The Kier molecular flexibility index (Phi) is 5.78. The molecule has 1 saturated heterocycles. The van der Waals surface area contributed by atoms with Crippen molar-refractivity contribution in [3.63, 3.8) is 0 Å². The molecule has 0 amide bonds. The molecule has 0 unspecified atom stereocenters. The maximum atomic E-state index is 15.1. The Labute approximate surface area is 194 Å². The number of fused-ring (bicyclic) bond motifs is 1. The van der Waals surface area contributed by atoms with Gasteiger partial charge in [0.15, 0.2) is 17.4 Å². The Hall–Kier alpha value is -3.73. The fraction of sp³-hybridized carbons (Fsp3) is 0.348. The first-order chi connectivity index (χ1) is 16.4. The first-order valence-corrected chi connectivity index (χ1v) is 11.1. The highest BCUT2D eigenvalue weighted by Crippen LogP contribution is 2.33. The highest BCUT2D eigenvalue weighted by molar-refractivity contribution is 5.83. The first kappa shape index (κ1) is 22.1. The van der Waals surface area contributed by atoms with E-state index in [1.54, 1.807) is 19.1 Å². The molecule has 0 aliphatic carbocycles. The predicted octanol–water partition coefficient (Wildman–Crippen LogP) is 4.38. The average molecular weight is 469 g/mol. The van der Waals surface area contributed by atoms with Crippen LogP contribution in [0.2, 0.25) is 0 Å². The molecule has 2 N–H and O–H groups in total. The lowest BCUT2D eigenvalue weighted by Gasteiger charge is -2.33. The van der Waals surface area contributed by atoms with Crippen LogP contribution in [-0.4, -0.2) is 58.2 Å². The van der Waals surface area contributed by atoms with Gasteiger partial charge in [0.25, 0.3) is 0 Å². The van der Waals surface area contributed by atoms with Gasteiger partial charge in [-0.3, -0.25) is 0 Å². The zero-order valence-corrected chi connectivity index (χ0v) is 19.2. The number of halogens is 2. The maximum absolute atomic E-state index is 15.1. The van der Waals surface area contributed by atoms with E-state index in [-0.39, 0.29) is 22.7 Å². The number of benzene rings is 1. The van der Waals surface area contributed by atoms with Crippen molar-refractivity contribution < 1.29 is 18.0 Å². The number of aryl methyl sites for hydroxylation is 2. The lowest BCUT2D eigenvalue weighted by Crippen LogP contribution is -2.44. The molecule has 0 bridgehead atoms. The number of aromatic nitrogens is 4. The summed E-state index contributed by atoms with van der Waals surface area (Å²) in [5.41, 5.74) is 1.53. The van der Waals surface area contributed by atoms with Crippen molar-refractivity contribution in [3.8, 4) is 11.8 Å². The highest BCUT2D eigenvalue weighted by Gasteiger charge is 2.21. The van der Waals surface area contributed by atoms with E-state index in [0.29, 0.717) is 23.2 Å². The van der Waals surface area contributed by atoms with Crippen LogP contribution in [0.3, 0.4) is 0 Å². The number of nitrogens with zero attached hydrogens (tertiary/aromatic N) is 5. The number of likely N-dealkylation sites (N-methyl/N-ethyl adjacent to an activating group) is 1. The Morgan fingerprint density at radius 1 is 1.12 bits per heavy atom. The summed E-state index contributed by atoms with van der Waals surface area (Å²) in [5, 5.41) is 7.14. The van der Waals surface area contributed by atoms with Crippen molar-refractivity contribution in [2.24, 2.45) is 0 Å². The van der Waals surface area contributed by atoms with Crippen molar-refractivity contribution in [1.29, 1.82) is 0 Å². The van der Waals surface area contributed by atoms with E-state index in [0.717, 1.165) is 44.4 Å². The highest BCUT2D eigenvalue weighted by atomic mass is 19.1. The molecule has 4 aromatic rings. The number of H-pyrrole nitrogens is 1. The van der Waals surface area contributed by atoms with Gasteiger partial charge >= 0.3 is 6.01 Å². The molecule has 178 valence electrons. The lowest BCUT2D eigenvalue weighted by molar-refractivity contribution is 0.311. The minimum atomic E-state index is -0.688. The number of ether oxygens (including phenoxy) is 1. The molecule has 4 heterocycles. The Bertz CT molecular complexity index is 1330. The molecule has 1 aromatic carbocycles. The second kappa shape index (κ2) is 8.90. The third-order valence-electron chi connectivity index (χ3n) is 5.79. The van der Waals surface area contributed by atoms with E-state index in [2.05, 4.69) is 42.3 Å². The quantitative estimate of drug-likeness (QED) is 0.430. The zero-order chi connectivity index (χ0) is 23.8. The van der Waals surface area contributed by atoms with Gasteiger partial charge in [-0.25, -0.2) is 8.78 Å². The molecule has 5 rings (SSSR count). The topological polar surface area (TPSA) is 95.3 Å². The molecular formula is C23H25F2N7O2. The van der Waals surface area contributed by atoms with Crippen molar-refractivity contribution in [3.05, 3.63) is 47.3 Å². The lowest BCUT2D eigenvalue weighted by atomic mass is 10.2. The largest absolute Gasteiger partial charge is 0.421 e. The fourth-order valence-electron chi connectivity index (χ4n) is 3.89. The number of aromatic amines is 1. The molecule has 3 aromatic heterocycles. The first-order valence-electron chi connectivity index (χ1n) is 11.1. The van der Waals surface area contributed by atoms with Crippen LogP contribution in [0, 0.1) is 18.6 Å².